The summed E-state index contributed by atoms with van der Waals surface area (Å²) in [7, 11) is 0. The number of aryl methyl sites for hydroxylation is 2. The van der Waals surface area contributed by atoms with Gasteiger partial charge in [-0.2, -0.15) is 0 Å². The summed E-state index contributed by atoms with van der Waals surface area (Å²) in [6, 6.07) is 3.40. The maximum Gasteiger partial charge on any atom is 0.162 e. The first kappa shape index (κ1) is 17.8. The smallest absolute Gasteiger partial charge is 0.162 e. The Morgan fingerprint density at radius 1 is 1.00 bits per heavy atom. The molecule has 2 fully saturated rings. The Balaban J connectivity index is 1.45. The highest BCUT2D eigenvalue weighted by molar-refractivity contribution is 5.25. The van der Waals surface area contributed by atoms with Crippen LogP contribution in [0.4, 0.5) is 8.78 Å². The number of hydrogen-bond acceptors (Lipinski definition) is 1. The van der Waals surface area contributed by atoms with Gasteiger partial charge in [-0.05, 0) is 74.3 Å². The summed E-state index contributed by atoms with van der Waals surface area (Å²) >= 11 is 0. The van der Waals surface area contributed by atoms with E-state index in [0.29, 0.717) is 29.6 Å². The van der Waals surface area contributed by atoms with Gasteiger partial charge in [0, 0.05) is 6.61 Å². The van der Waals surface area contributed by atoms with Crippen molar-refractivity contribution in [2.45, 2.75) is 71.3 Å². The van der Waals surface area contributed by atoms with Gasteiger partial charge in [0.15, 0.2) is 11.6 Å². The highest BCUT2D eigenvalue weighted by Gasteiger charge is 2.30. The monoisotopic (exact) mass is 336 g/mol. The Hall–Kier alpha value is -0.960. The molecule has 2 unspecified atom stereocenters. The molecule has 0 radical (unpaired) electrons. The fourth-order valence-electron chi connectivity index (χ4n) is 4.32. The van der Waals surface area contributed by atoms with Crippen molar-refractivity contribution >= 4 is 0 Å². The van der Waals surface area contributed by atoms with Crippen LogP contribution in [0.1, 0.15) is 63.0 Å². The van der Waals surface area contributed by atoms with E-state index in [1.54, 1.807) is 19.1 Å². The van der Waals surface area contributed by atoms with Crippen molar-refractivity contribution in [3.8, 4) is 0 Å². The molecule has 1 aliphatic heterocycles. The van der Waals surface area contributed by atoms with Crippen LogP contribution in [-0.2, 0) is 11.2 Å². The third kappa shape index (κ3) is 4.17. The number of ether oxygens (including phenoxy) is 1. The van der Waals surface area contributed by atoms with Crippen LogP contribution in [0.5, 0.6) is 0 Å². The maximum absolute atomic E-state index is 13.9. The van der Waals surface area contributed by atoms with E-state index in [0.717, 1.165) is 37.7 Å². The number of rotatable bonds is 4. The minimum atomic E-state index is -0.695. The highest BCUT2D eigenvalue weighted by Crippen LogP contribution is 2.36. The fraction of sp³-hybridized carbons (Fsp3) is 0.714. The van der Waals surface area contributed by atoms with Crippen molar-refractivity contribution in [2.75, 3.05) is 6.61 Å². The Morgan fingerprint density at radius 2 is 1.75 bits per heavy atom. The maximum atomic E-state index is 13.9. The minimum absolute atomic E-state index is 0.377. The Kier molecular flexibility index (Phi) is 5.91. The molecule has 1 saturated heterocycles. The second kappa shape index (κ2) is 7.95. The normalized spacial score (nSPS) is 31.2. The lowest BCUT2D eigenvalue weighted by atomic mass is 9.77. The number of halogens is 2. The number of benzene rings is 1. The summed E-state index contributed by atoms with van der Waals surface area (Å²) in [5.41, 5.74) is 0.878. The predicted octanol–water partition coefficient (Wildman–Crippen LogP) is 5.83. The summed E-state index contributed by atoms with van der Waals surface area (Å²) in [6.45, 7) is 4.73. The molecule has 2 atom stereocenters. The van der Waals surface area contributed by atoms with E-state index in [1.165, 1.54) is 25.7 Å². The quantitative estimate of drug-likeness (QED) is 0.672. The van der Waals surface area contributed by atoms with Gasteiger partial charge < -0.3 is 4.74 Å². The zero-order chi connectivity index (χ0) is 17.1. The summed E-state index contributed by atoms with van der Waals surface area (Å²) < 4.78 is 33.7. The molecule has 3 heteroatoms. The van der Waals surface area contributed by atoms with Crippen molar-refractivity contribution in [2.24, 2.45) is 17.8 Å². The van der Waals surface area contributed by atoms with Gasteiger partial charge in [0.2, 0.25) is 0 Å². The molecule has 0 amide bonds. The standard InChI is InChI=1S/C21H30F2O/c1-14-3-8-17(9-4-14)19-12-7-16(13-24-19)6-11-18-10-5-15(2)20(22)21(18)23/h5,10,14,16-17,19H,3-4,6-9,11-13H2,1-2H3. The molecule has 1 heterocycles. The van der Waals surface area contributed by atoms with Crippen LogP contribution in [0.15, 0.2) is 12.1 Å². The van der Waals surface area contributed by atoms with Crippen LogP contribution in [0.3, 0.4) is 0 Å². The van der Waals surface area contributed by atoms with Crippen LogP contribution in [0.25, 0.3) is 0 Å². The van der Waals surface area contributed by atoms with E-state index in [-0.39, 0.29) is 0 Å². The van der Waals surface area contributed by atoms with Crippen molar-refractivity contribution < 1.29 is 13.5 Å². The summed E-state index contributed by atoms with van der Waals surface area (Å²) in [6.07, 6.45) is 9.51. The first-order valence-corrected chi connectivity index (χ1v) is 9.59. The van der Waals surface area contributed by atoms with Crippen molar-refractivity contribution in [3.05, 3.63) is 34.9 Å². The molecule has 0 bridgehead atoms. The molecular weight excluding hydrogens is 306 g/mol. The van der Waals surface area contributed by atoms with Crippen LogP contribution in [0.2, 0.25) is 0 Å². The van der Waals surface area contributed by atoms with E-state index >= 15 is 0 Å². The molecule has 1 aliphatic carbocycles. The van der Waals surface area contributed by atoms with Crippen molar-refractivity contribution in [1.82, 2.24) is 0 Å². The van der Waals surface area contributed by atoms with Crippen molar-refractivity contribution in [3.63, 3.8) is 0 Å². The van der Waals surface area contributed by atoms with E-state index in [9.17, 15) is 8.78 Å². The zero-order valence-corrected chi connectivity index (χ0v) is 15.0. The largest absolute Gasteiger partial charge is 0.378 e. The molecule has 0 N–H and O–H groups in total. The fourth-order valence-corrected chi connectivity index (χ4v) is 4.32. The minimum Gasteiger partial charge on any atom is -0.378 e. The molecule has 3 rings (SSSR count). The molecule has 1 nitrogen and oxygen atoms in total. The van der Waals surface area contributed by atoms with E-state index in [2.05, 4.69) is 6.92 Å². The van der Waals surface area contributed by atoms with Crippen LogP contribution in [0, 0.1) is 36.3 Å². The van der Waals surface area contributed by atoms with E-state index < -0.39 is 11.6 Å². The Bertz CT molecular complexity index is 541. The summed E-state index contributed by atoms with van der Waals surface area (Å²) in [5.74, 6) is 0.737. The molecule has 1 aromatic rings. The second-order valence-electron chi connectivity index (χ2n) is 8.04. The number of hydrogen-bond donors (Lipinski definition) is 0. The van der Waals surface area contributed by atoms with Crippen molar-refractivity contribution in [1.29, 1.82) is 0 Å². The van der Waals surface area contributed by atoms with Crippen LogP contribution >= 0.6 is 0 Å². The molecule has 0 aromatic heterocycles. The summed E-state index contributed by atoms with van der Waals surface area (Å²) in [5, 5.41) is 0. The molecule has 2 aliphatic rings. The van der Waals surface area contributed by atoms with Gasteiger partial charge in [-0.15, -0.1) is 0 Å². The molecule has 134 valence electrons. The molecule has 0 spiro atoms. The summed E-state index contributed by atoms with van der Waals surface area (Å²) in [4.78, 5) is 0. The van der Waals surface area contributed by atoms with Gasteiger partial charge >= 0.3 is 0 Å². The lowest BCUT2D eigenvalue weighted by Crippen LogP contribution is -2.34. The highest BCUT2D eigenvalue weighted by atomic mass is 19.2. The van der Waals surface area contributed by atoms with Gasteiger partial charge in [-0.3, -0.25) is 0 Å². The third-order valence-electron chi connectivity index (χ3n) is 6.17. The Labute approximate surface area is 144 Å². The van der Waals surface area contributed by atoms with E-state index in [1.807, 2.05) is 0 Å². The first-order valence-electron chi connectivity index (χ1n) is 9.59. The molecule has 1 saturated carbocycles. The molecular formula is C21H30F2O. The van der Waals surface area contributed by atoms with E-state index in [4.69, 9.17) is 4.74 Å². The second-order valence-corrected chi connectivity index (χ2v) is 8.04. The van der Waals surface area contributed by atoms with Crippen LogP contribution in [-0.4, -0.2) is 12.7 Å². The average Bonchev–Trinajstić information content (AvgIpc) is 2.60. The van der Waals surface area contributed by atoms with Gasteiger partial charge in [0.25, 0.3) is 0 Å². The molecule has 1 aromatic carbocycles. The van der Waals surface area contributed by atoms with Gasteiger partial charge in [-0.1, -0.05) is 31.9 Å². The van der Waals surface area contributed by atoms with Crippen LogP contribution < -0.4 is 0 Å². The predicted molar refractivity (Wildman–Crippen MR) is 93.0 cm³/mol. The average molecular weight is 336 g/mol. The topological polar surface area (TPSA) is 9.23 Å². The zero-order valence-electron chi connectivity index (χ0n) is 15.0. The van der Waals surface area contributed by atoms with Gasteiger partial charge in [0.1, 0.15) is 0 Å². The van der Waals surface area contributed by atoms with Gasteiger partial charge in [0.05, 0.1) is 6.10 Å². The first-order chi connectivity index (χ1) is 11.5. The molecule has 24 heavy (non-hydrogen) atoms. The Morgan fingerprint density at radius 3 is 2.42 bits per heavy atom. The van der Waals surface area contributed by atoms with Gasteiger partial charge in [-0.25, -0.2) is 8.78 Å². The third-order valence-corrected chi connectivity index (χ3v) is 6.17. The SMILES string of the molecule is Cc1ccc(CCC2CCC(C3CCC(C)CC3)OC2)c(F)c1F. The lowest BCUT2D eigenvalue weighted by molar-refractivity contribution is -0.0588. The lowest BCUT2D eigenvalue weighted by Gasteiger charge is -2.37.